The molecule has 0 aliphatic carbocycles. The van der Waals surface area contributed by atoms with E-state index in [0.29, 0.717) is 16.3 Å². The van der Waals surface area contributed by atoms with Gasteiger partial charge in [-0.05, 0) is 44.9 Å². The van der Waals surface area contributed by atoms with Gasteiger partial charge in [-0.3, -0.25) is 4.79 Å². The second kappa shape index (κ2) is 8.25. The third-order valence-electron chi connectivity index (χ3n) is 3.43. The van der Waals surface area contributed by atoms with Crippen molar-refractivity contribution >= 4 is 17.5 Å². The molecule has 2 unspecified atom stereocenters. The lowest BCUT2D eigenvalue weighted by Gasteiger charge is -2.21. The van der Waals surface area contributed by atoms with Gasteiger partial charge >= 0.3 is 0 Å². The number of aliphatic hydroxyl groups is 1. The molecule has 0 heterocycles. The van der Waals surface area contributed by atoms with Gasteiger partial charge in [0, 0.05) is 16.6 Å². The second-order valence-corrected chi connectivity index (χ2v) is 5.58. The smallest absolute Gasteiger partial charge is 0.260 e. The summed E-state index contributed by atoms with van der Waals surface area (Å²) in [5, 5.41) is 13.2. The summed E-state index contributed by atoms with van der Waals surface area (Å²) >= 11 is 5.92. The zero-order chi connectivity index (χ0) is 16.0. The Kier molecular flexibility index (Phi) is 6.99. The zero-order valence-corrected chi connectivity index (χ0v) is 13.8. The predicted octanol–water partition coefficient (Wildman–Crippen LogP) is 3.47. The second-order valence-electron chi connectivity index (χ2n) is 5.14. The van der Waals surface area contributed by atoms with E-state index in [-0.39, 0.29) is 11.9 Å². The van der Waals surface area contributed by atoms with Crippen LogP contribution in [0.15, 0.2) is 18.2 Å². The normalized spacial score (nSPS) is 13.9. The number of carbonyl (C=O) groups is 1. The summed E-state index contributed by atoms with van der Waals surface area (Å²) in [6, 6.07) is 5.15. The van der Waals surface area contributed by atoms with Crippen LogP contribution < -0.4 is 10.1 Å². The van der Waals surface area contributed by atoms with E-state index < -0.39 is 12.2 Å². The van der Waals surface area contributed by atoms with Crippen LogP contribution in [-0.4, -0.2) is 23.2 Å². The maximum atomic E-state index is 12.1. The van der Waals surface area contributed by atoms with Crippen molar-refractivity contribution < 1.29 is 14.6 Å². The van der Waals surface area contributed by atoms with E-state index in [0.717, 1.165) is 12.8 Å². The lowest BCUT2D eigenvalue weighted by molar-refractivity contribution is -0.128. The van der Waals surface area contributed by atoms with Crippen LogP contribution in [0, 0.1) is 0 Å². The Labute approximate surface area is 131 Å². The minimum atomic E-state index is -0.715. The molecule has 0 aliphatic heterocycles. The number of carbonyl (C=O) groups excluding carboxylic acids is 1. The summed E-state index contributed by atoms with van der Waals surface area (Å²) in [6.07, 6.45) is 0.418. The van der Waals surface area contributed by atoms with E-state index in [4.69, 9.17) is 16.3 Å². The van der Waals surface area contributed by atoms with E-state index in [1.807, 2.05) is 13.8 Å². The van der Waals surface area contributed by atoms with Gasteiger partial charge < -0.3 is 15.2 Å². The number of amides is 1. The summed E-state index contributed by atoms with van der Waals surface area (Å²) in [5.74, 6) is 0.316. The molecular formula is C16H24ClNO3. The summed E-state index contributed by atoms with van der Waals surface area (Å²) in [7, 11) is 0. The van der Waals surface area contributed by atoms with Gasteiger partial charge in [-0.2, -0.15) is 0 Å². The number of benzene rings is 1. The minimum Gasteiger partial charge on any atom is -0.481 e. The van der Waals surface area contributed by atoms with E-state index >= 15 is 0 Å². The van der Waals surface area contributed by atoms with Gasteiger partial charge in [0.2, 0.25) is 0 Å². The fraction of sp³-hybridized carbons (Fsp3) is 0.562. The van der Waals surface area contributed by atoms with Gasteiger partial charge in [0.05, 0.1) is 6.10 Å². The molecule has 4 nitrogen and oxygen atoms in total. The molecule has 21 heavy (non-hydrogen) atoms. The van der Waals surface area contributed by atoms with Crippen molar-refractivity contribution in [3.8, 4) is 5.75 Å². The average Bonchev–Trinajstić information content (AvgIpc) is 2.45. The number of hydrogen-bond donors (Lipinski definition) is 2. The van der Waals surface area contributed by atoms with Crippen LogP contribution in [0.1, 0.15) is 52.2 Å². The first-order chi connectivity index (χ1) is 9.88. The van der Waals surface area contributed by atoms with Crippen LogP contribution in [0.4, 0.5) is 0 Å². The maximum Gasteiger partial charge on any atom is 0.260 e. The van der Waals surface area contributed by atoms with Crippen molar-refractivity contribution in [1.29, 1.82) is 0 Å². The van der Waals surface area contributed by atoms with Gasteiger partial charge in [-0.25, -0.2) is 0 Å². The van der Waals surface area contributed by atoms with Crippen molar-refractivity contribution in [3.63, 3.8) is 0 Å². The molecule has 118 valence electrons. The van der Waals surface area contributed by atoms with E-state index in [1.54, 1.807) is 32.0 Å². The van der Waals surface area contributed by atoms with E-state index in [1.165, 1.54) is 0 Å². The highest BCUT2D eigenvalue weighted by Crippen LogP contribution is 2.29. The van der Waals surface area contributed by atoms with Crippen LogP contribution in [0.5, 0.6) is 5.75 Å². The summed E-state index contributed by atoms with van der Waals surface area (Å²) in [5.41, 5.74) is 0.574. The first kappa shape index (κ1) is 17.8. The Bertz CT molecular complexity index is 473. The molecule has 1 rings (SSSR count). The highest BCUT2D eigenvalue weighted by molar-refractivity contribution is 6.30. The van der Waals surface area contributed by atoms with Crippen LogP contribution in [-0.2, 0) is 4.79 Å². The predicted molar refractivity (Wildman–Crippen MR) is 84.7 cm³/mol. The first-order valence-electron chi connectivity index (χ1n) is 7.33. The van der Waals surface area contributed by atoms with Crippen molar-refractivity contribution in [2.75, 3.05) is 0 Å². The molecule has 0 bridgehead atoms. The van der Waals surface area contributed by atoms with Gasteiger partial charge in [-0.15, -0.1) is 0 Å². The molecule has 0 aliphatic rings. The number of aliphatic hydroxyl groups excluding tert-OH is 1. The fourth-order valence-electron chi connectivity index (χ4n) is 2.01. The highest BCUT2D eigenvalue weighted by Gasteiger charge is 2.19. The molecule has 1 aromatic carbocycles. The van der Waals surface area contributed by atoms with Crippen LogP contribution in [0.3, 0.4) is 0 Å². The van der Waals surface area contributed by atoms with Crippen molar-refractivity contribution in [1.82, 2.24) is 5.32 Å². The highest BCUT2D eigenvalue weighted by atomic mass is 35.5. The Morgan fingerprint density at radius 3 is 2.48 bits per heavy atom. The molecular weight excluding hydrogens is 290 g/mol. The molecule has 0 saturated heterocycles. The Hall–Kier alpha value is -1.26. The first-order valence-corrected chi connectivity index (χ1v) is 7.71. The van der Waals surface area contributed by atoms with Crippen LogP contribution >= 0.6 is 11.6 Å². The van der Waals surface area contributed by atoms with Crippen molar-refractivity contribution in [2.45, 2.75) is 58.8 Å². The summed E-state index contributed by atoms with van der Waals surface area (Å²) in [4.78, 5) is 12.1. The standard InChI is InChI=1S/C16H24ClNO3/c1-5-13(6-2)18-16(20)11(4)21-15-8-7-12(17)9-14(15)10(3)19/h7-11,13,19H,5-6H2,1-4H3,(H,18,20). The van der Waals surface area contributed by atoms with Gasteiger partial charge in [0.25, 0.3) is 5.91 Å². The summed E-state index contributed by atoms with van der Waals surface area (Å²) < 4.78 is 5.68. The van der Waals surface area contributed by atoms with E-state index in [9.17, 15) is 9.90 Å². The molecule has 0 spiro atoms. The number of hydrogen-bond acceptors (Lipinski definition) is 3. The molecule has 2 atom stereocenters. The SMILES string of the molecule is CCC(CC)NC(=O)C(C)Oc1ccc(Cl)cc1C(C)O. The Morgan fingerprint density at radius 2 is 1.95 bits per heavy atom. The lowest BCUT2D eigenvalue weighted by Crippen LogP contribution is -2.42. The maximum absolute atomic E-state index is 12.1. The van der Waals surface area contributed by atoms with Crippen molar-refractivity contribution in [3.05, 3.63) is 28.8 Å². The number of rotatable bonds is 7. The Balaban J connectivity index is 2.78. The Morgan fingerprint density at radius 1 is 1.33 bits per heavy atom. The molecule has 5 heteroatoms. The van der Waals surface area contributed by atoms with Gasteiger partial charge in [-0.1, -0.05) is 25.4 Å². The number of nitrogens with one attached hydrogen (secondary N) is 1. The van der Waals surface area contributed by atoms with Crippen molar-refractivity contribution in [2.24, 2.45) is 0 Å². The monoisotopic (exact) mass is 313 g/mol. The molecule has 0 saturated carbocycles. The average molecular weight is 314 g/mol. The quantitative estimate of drug-likeness (QED) is 0.810. The molecule has 0 aromatic heterocycles. The topological polar surface area (TPSA) is 58.6 Å². The van der Waals surface area contributed by atoms with Gasteiger partial charge in [0.1, 0.15) is 5.75 Å². The number of ether oxygens (including phenoxy) is 1. The molecule has 1 amide bonds. The zero-order valence-electron chi connectivity index (χ0n) is 13.0. The molecule has 2 N–H and O–H groups in total. The van der Waals surface area contributed by atoms with Gasteiger partial charge in [0.15, 0.2) is 6.10 Å². The fourth-order valence-corrected chi connectivity index (χ4v) is 2.19. The lowest BCUT2D eigenvalue weighted by atomic mass is 10.1. The number of halogens is 1. The molecule has 1 aromatic rings. The minimum absolute atomic E-state index is 0.157. The third kappa shape index (κ3) is 5.21. The van der Waals surface area contributed by atoms with Crippen LogP contribution in [0.2, 0.25) is 5.02 Å². The molecule has 0 fully saturated rings. The largest absolute Gasteiger partial charge is 0.481 e. The van der Waals surface area contributed by atoms with Crippen LogP contribution in [0.25, 0.3) is 0 Å². The molecule has 0 radical (unpaired) electrons. The summed E-state index contributed by atoms with van der Waals surface area (Å²) in [6.45, 7) is 7.39. The van der Waals surface area contributed by atoms with E-state index in [2.05, 4.69) is 5.32 Å². The third-order valence-corrected chi connectivity index (χ3v) is 3.66.